The molecule has 1 aromatic rings. The van der Waals surface area contributed by atoms with E-state index >= 15 is 0 Å². The molecule has 0 saturated carbocycles. The van der Waals surface area contributed by atoms with E-state index < -0.39 is 16.0 Å². The van der Waals surface area contributed by atoms with E-state index in [1.54, 1.807) is 12.1 Å². The van der Waals surface area contributed by atoms with Crippen LogP contribution in [0.4, 0.5) is 0 Å². The molecule has 0 aliphatic rings. The Labute approximate surface area is 120 Å². The second kappa shape index (κ2) is 6.85. The monoisotopic (exact) mass is 299 g/mol. The molecule has 112 valence electrons. The molecule has 0 spiro atoms. The largest absolute Gasteiger partial charge is 0.481 e. The van der Waals surface area contributed by atoms with Crippen LogP contribution in [0.1, 0.15) is 32.8 Å². The van der Waals surface area contributed by atoms with Gasteiger partial charge in [-0.05, 0) is 31.0 Å². The van der Waals surface area contributed by atoms with Crippen molar-refractivity contribution in [1.82, 2.24) is 4.31 Å². The van der Waals surface area contributed by atoms with Crippen molar-refractivity contribution in [2.75, 3.05) is 6.54 Å². The first-order valence-electron chi connectivity index (χ1n) is 6.65. The number of sulfonamides is 1. The van der Waals surface area contributed by atoms with Crippen LogP contribution in [0.2, 0.25) is 0 Å². The van der Waals surface area contributed by atoms with Crippen molar-refractivity contribution >= 4 is 16.0 Å². The number of benzene rings is 1. The Bertz CT molecular complexity index is 551. The van der Waals surface area contributed by atoms with Crippen LogP contribution in [-0.4, -0.2) is 36.4 Å². The number of hydrogen-bond donors (Lipinski definition) is 1. The second-order valence-electron chi connectivity index (χ2n) is 4.68. The van der Waals surface area contributed by atoms with Crippen LogP contribution in [-0.2, 0) is 21.2 Å². The highest BCUT2D eigenvalue weighted by molar-refractivity contribution is 7.89. The van der Waals surface area contributed by atoms with Crippen molar-refractivity contribution in [2.45, 2.75) is 44.6 Å². The van der Waals surface area contributed by atoms with E-state index in [1.807, 2.05) is 20.8 Å². The number of carbonyl (C=O) groups is 1. The van der Waals surface area contributed by atoms with Crippen molar-refractivity contribution < 1.29 is 18.3 Å². The summed E-state index contributed by atoms with van der Waals surface area (Å²) >= 11 is 0. The molecule has 0 aromatic heterocycles. The van der Waals surface area contributed by atoms with Gasteiger partial charge in [-0.25, -0.2) is 8.42 Å². The number of hydrogen-bond acceptors (Lipinski definition) is 3. The van der Waals surface area contributed by atoms with Crippen molar-refractivity contribution in [3.8, 4) is 0 Å². The fourth-order valence-electron chi connectivity index (χ4n) is 2.01. The third-order valence-corrected chi connectivity index (χ3v) is 5.38. The summed E-state index contributed by atoms with van der Waals surface area (Å²) in [7, 11) is -3.52. The summed E-state index contributed by atoms with van der Waals surface area (Å²) < 4.78 is 26.5. The topological polar surface area (TPSA) is 74.7 Å². The number of nitrogens with zero attached hydrogens (tertiary/aromatic N) is 1. The maximum absolute atomic E-state index is 12.5. The molecule has 1 unspecified atom stereocenters. The van der Waals surface area contributed by atoms with Gasteiger partial charge >= 0.3 is 5.97 Å². The van der Waals surface area contributed by atoms with Gasteiger partial charge in [0.05, 0.1) is 11.3 Å². The fourth-order valence-corrected chi connectivity index (χ4v) is 3.73. The SMILES string of the molecule is CCC(C)N(CC)S(=O)(=O)c1ccc(CC(=O)O)cc1. The van der Waals surface area contributed by atoms with Gasteiger partial charge in [0.15, 0.2) is 0 Å². The van der Waals surface area contributed by atoms with E-state index in [0.29, 0.717) is 12.1 Å². The molecule has 20 heavy (non-hydrogen) atoms. The van der Waals surface area contributed by atoms with Gasteiger partial charge in [0.25, 0.3) is 0 Å². The zero-order valence-electron chi connectivity index (χ0n) is 12.0. The molecular weight excluding hydrogens is 278 g/mol. The highest BCUT2D eigenvalue weighted by Crippen LogP contribution is 2.20. The molecule has 5 nitrogen and oxygen atoms in total. The predicted molar refractivity (Wildman–Crippen MR) is 77.1 cm³/mol. The molecule has 0 aliphatic heterocycles. The molecular formula is C14H21NO4S. The average molecular weight is 299 g/mol. The first-order valence-corrected chi connectivity index (χ1v) is 8.09. The van der Waals surface area contributed by atoms with E-state index in [-0.39, 0.29) is 17.4 Å². The maximum atomic E-state index is 12.5. The van der Waals surface area contributed by atoms with Gasteiger partial charge in [-0.15, -0.1) is 0 Å². The van der Waals surface area contributed by atoms with Crippen molar-refractivity contribution in [3.05, 3.63) is 29.8 Å². The van der Waals surface area contributed by atoms with Gasteiger partial charge in [-0.1, -0.05) is 26.0 Å². The van der Waals surface area contributed by atoms with Crippen molar-refractivity contribution in [2.24, 2.45) is 0 Å². The highest BCUT2D eigenvalue weighted by Gasteiger charge is 2.26. The summed E-state index contributed by atoms with van der Waals surface area (Å²) in [6, 6.07) is 5.97. The van der Waals surface area contributed by atoms with Crippen LogP contribution in [0.25, 0.3) is 0 Å². The Morgan fingerprint density at radius 3 is 2.20 bits per heavy atom. The van der Waals surface area contributed by atoms with Crippen LogP contribution in [0.3, 0.4) is 0 Å². The minimum Gasteiger partial charge on any atom is -0.481 e. The van der Waals surface area contributed by atoms with E-state index in [0.717, 1.165) is 6.42 Å². The lowest BCUT2D eigenvalue weighted by Gasteiger charge is -2.26. The third-order valence-electron chi connectivity index (χ3n) is 3.28. The van der Waals surface area contributed by atoms with Crippen molar-refractivity contribution in [1.29, 1.82) is 0 Å². The molecule has 0 saturated heterocycles. The molecule has 0 bridgehead atoms. The Hall–Kier alpha value is -1.40. The smallest absolute Gasteiger partial charge is 0.307 e. The van der Waals surface area contributed by atoms with Gasteiger partial charge in [-0.3, -0.25) is 4.79 Å². The molecule has 0 aliphatic carbocycles. The van der Waals surface area contributed by atoms with E-state index in [2.05, 4.69) is 0 Å². The van der Waals surface area contributed by atoms with Gasteiger partial charge in [-0.2, -0.15) is 4.31 Å². The van der Waals surface area contributed by atoms with Crippen molar-refractivity contribution in [3.63, 3.8) is 0 Å². The van der Waals surface area contributed by atoms with Crippen LogP contribution in [0, 0.1) is 0 Å². The molecule has 0 fully saturated rings. The molecule has 1 N–H and O–H groups in total. The molecule has 0 heterocycles. The van der Waals surface area contributed by atoms with Crippen LogP contribution in [0.15, 0.2) is 29.2 Å². The Morgan fingerprint density at radius 1 is 1.25 bits per heavy atom. The van der Waals surface area contributed by atoms with Gasteiger partial charge < -0.3 is 5.11 Å². The predicted octanol–water partition coefficient (Wildman–Crippen LogP) is 2.12. The van der Waals surface area contributed by atoms with Gasteiger partial charge in [0, 0.05) is 12.6 Å². The summed E-state index contributed by atoms with van der Waals surface area (Å²) in [4.78, 5) is 10.8. The van der Waals surface area contributed by atoms with Crippen LogP contribution < -0.4 is 0 Å². The van der Waals surface area contributed by atoms with Gasteiger partial charge in [0.2, 0.25) is 10.0 Å². The second-order valence-corrected chi connectivity index (χ2v) is 6.57. The molecule has 0 radical (unpaired) electrons. The lowest BCUT2D eigenvalue weighted by molar-refractivity contribution is -0.136. The van der Waals surface area contributed by atoms with Crippen LogP contribution >= 0.6 is 0 Å². The highest BCUT2D eigenvalue weighted by atomic mass is 32.2. The summed E-state index contributed by atoms with van der Waals surface area (Å²) in [6.45, 7) is 6.04. The number of aliphatic carboxylic acids is 1. The summed E-state index contributed by atoms with van der Waals surface area (Å²) in [5.74, 6) is -0.935. The number of rotatable bonds is 7. The minimum absolute atomic E-state index is 0.0660. The zero-order valence-corrected chi connectivity index (χ0v) is 12.9. The van der Waals surface area contributed by atoms with Crippen LogP contribution in [0.5, 0.6) is 0 Å². The lowest BCUT2D eigenvalue weighted by atomic mass is 10.2. The minimum atomic E-state index is -3.52. The Balaban J connectivity index is 3.06. The molecule has 6 heteroatoms. The average Bonchev–Trinajstić information content (AvgIpc) is 2.38. The van der Waals surface area contributed by atoms with Gasteiger partial charge in [0.1, 0.15) is 0 Å². The van der Waals surface area contributed by atoms with E-state index in [4.69, 9.17) is 5.11 Å². The Morgan fingerprint density at radius 2 is 1.80 bits per heavy atom. The molecule has 1 aromatic carbocycles. The summed E-state index contributed by atoms with van der Waals surface area (Å²) in [5, 5.41) is 8.70. The first kappa shape index (κ1) is 16.7. The normalized spacial score (nSPS) is 13.4. The number of carboxylic acid groups (broad SMARTS) is 1. The standard InChI is InChI=1S/C14H21NO4S/c1-4-11(3)15(5-2)20(18,19)13-8-6-12(7-9-13)10-14(16)17/h6-9,11H,4-5,10H2,1-3H3,(H,16,17). The fraction of sp³-hybridized carbons (Fsp3) is 0.500. The Kier molecular flexibility index (Phi) is 5.71. The molecule has 1 rings (SSSR count). The first-order chi connectivity index (χ1) is 9.32. The quantitative estimate of drug-likeness (QED) is 0.837. The summed E-state index contributed by atoms with van der Waals surface area (Å²) in [6.07, 6.45) is 0.632. The zero-order chi connectivity index (χ0) is 15.3. The lowest BCUT2D eigenvalue weighted by Crippen LogP contribution is -2.38. The molecule has 0 amide bonds. The van der Waals surface area contributed by atoms with E-state index in [1.165, 1.54) is 16.4 Å². The third kappa shape index (κ3) is 3.80. The summed E-state index contributed by atoms with van der Waals surface area (Å²) in [5.41, 5.74) is 0.586. The van der Waals surface area contributed by atoms with E-state index in [9.17, 15) is 13.2 Å². The maximum Gasteiger partial charge on any atom is 0.307 e. The molecule has 1 atom stereocenters. The number of carboxylic acids is 1.